The fraction of sp³-hybridized carbons (Fsp3) is 0. The summed E-state index contributed by atoms with van der Waals surface area (Å²) in [4.78, 5) is 2.79. The first-order valence-corrected chi connectivity index (χ1v) is 2.32. The molecule has 2 N–H and O–H groups in total. The normalized spacial score (nSPS) is 9.00. The molecule has 42 valence electrons. The molecule has 0 saturated carbocycles. The van der Waals surface area contributed by atoms with Crippen LogP contribution in [0.1, 0.15) is 5.56 Å². The monoisotopic (exact) mass is 109 g/mol. The van der Waals surface area contributed by atoms with Gasteiger partial charge in [-0.3, -0.25) is 0 Å². The molecule has 8 heavy (non-hydrogen) atoms. The molecule has 0 aliphatic heterocycles. The second-order valence-corrected chi connectivity index (χ2v) is 1.55. The Hall–Kier alpha value is -1.18. The summed E-state index contributed by atoms with van der Waals surface area (Å²) in [7, 11) is 0. The van der Waals surface area contributed by atoms with Crippen LogP contribution in [0.25, 0.3) is 5.76 Å². The summed E-state index contributed by atoms with van der Waals surface area (Å²) in [5.74, 6) is 0.103. The van der Waals surface area contributed by atoms with Crippen molar-refractivity contribution in [1.29, 1.82) is 0 Å². The van der Waals surface area contributed by atoms with E-state index in [0.717, 1.165) is 5.56 Å². The van der Waals surface area contributed by atoms with E-state index >= 15 is 0 Å². The van der Waals surface area contributed by atoms with Gasteiger partial charge in [0.1, 0.15) is 5.76 Å². The van der Waals surface area contributed by atoms with Crippen LogP contribution in [0.4, 0.5) is 0 Å². The fourth-order valence-corrected chi connectivity index (χ4v) is 0.503. The third-order valence-corrected chi connectivity index (χ3v) is 0.931. The molecule has 0 spiro atoms. The summed E-state index contributed by atoms with van der Waals surface area (Å²) in [6, 6.07) is 1.75. The average Bonchev–Trinajstić information content (AvgIpc) is 2.12. The van der Waals surface area contributed by atoms with E-state index in [4.69, 9.17) is 5.11 Å². The van der Waals surface area contributed by atoms with E-state index in [9.17, 15) is 0 Å². The molecular weight excluding hydrogens is 102 g/mol. The number of H-pyrrole nitrogens is 1. The molecule has 0 aliphatic carbocycles. The topological polar surface area (TPSA) is 36.0 Å². The van der Waals surface area contributed by atoms with Gasteiger partial charge in [-0.25, -0.2) is 0 Å². The molecule has 0 saturated heterocycles. The fourth-order valence-electron chi connectivity index (χ4n) is 0.503. The lowest BCUT2D eigenvalue weighted by molar-refractivity contribution is 0.514. The van der Waals surface area contributed by atoms with Crippen molar-refractivity contribution in [3.8, 4) is 0 Å². The average molecular weight is 109 g/mol. The van der Waals surface area contributed by atoms with Crippen molar-refractivity contribution in [2.24, 2.45) is 0 Å². The summed E-state index contributed by atoms with van der Waals surface area (Å²) >= 11 is 0. The lowest BCUT2D eigenvalue weighted by Crippen LogP contribution is -1.71. The zero-order chi connectivity index (χ0) is 5.98. The van der Waals surface area contributed by atoms with Gasteiger partial charge in [-0.1, -0.05) is 6.58 Å². The number of hydrogen-bond acceptors (Lipinski definition) is 1. The number of hydrogen-bond donors (Lipinski definition) is 2. The molecule has 0 bridgehead atoms. The van der Waals surface area contributed by atoms with Gasteiger partial charge in [0.05, 0.1) is 0 Å². The maximum absolute atomic E-state index is 8.70. The SMILES string of the molecule is C=C(O)c1cc[nH]c1. The Morgan fingerprint density at radius 2 is 2.50 bits per heavy atom. The van der Waals surface area contributed by atoms with Gasteiger partial charge in [0.2, 0.25) is 0 Å². The van der Waals surface area contributed by atoms with Crippen LogP contribution < -0.4 is 0 Å². The van der Waals surface area contributed by atoms with Gasteiger partial charge in [0.15, 0.2) is 0 Å². The predicted molar refractivity (Wildman–Crippen MR) is 32.5 cm³/mol. The molecule has 0 aliphatic rings. The van der Waals surface area contributed by atoms with Crippen LogP contribution >= 0.6 is 0 Å². The minimum absolute atomic E-state index is 0.103. The third-order valence-electron chi connectivity index (χ3n) is 0.931. The second-order valence-electron chi connectivity index (χ2n) is 1.55. The molecule has 0 unspecified atom stereocenters. The summed E-state index contributed by atoms with van der Waals surface area (Å²) in [6.07, 6.45) is 3.42. The Morgan fingerprint density at radius 1 is 1.75 bits per heavy atom. The number of aromatic amines is 1. The molecule has 0 aromatic carbocycles. The molecule has 2 nitrogen and oxygen atoms in total. The number of aliphatic hydroxyl groups excluding tert-OH is 1. The minimum atomic E-state index is 0.103. The van der Waals surface area contributed by atoms with E-state index in [0.29, 0.717) is 0 Å². The highest BCUT2D eigenvalue weighted by Gasteiger charge is 1.90. The number of aromatic nitrogens is 1. The van der Waals surface area contributed by atoms with Crippen LogP contribution in [-0.2, 0) is 0 Å². The zero-order valence-electron chi connectivity index (χ0n) is 4.39. The minimum Gasteiger partial charge on any atom is -0.508 e. The van der Waals surface area contributed by atoms with Crippen LogP contribution in [0.15, 0.2) is 25.0 Å². The van der Waals surface area contributed by atoms with Gasteiger partial charge in [-0.2, -0.15) is 0 Å². The van der Waals surface area contributed by atoms with Gasteiger partial charge >= 0.3 is 0 Å². The van der Waals surface area contributed by atoms with Crippen molar-refractivity contribution in [3.05, 3.63) is 30.6 Å². The standard InChI is InChI=1S/C6H7NO/c1-5(8)6-2-3-7-4-6/h2-4,7-8H,1H2. The van der Waals surface area contributed by atoms with Crippen molar-refractivity contribution >= 4 is 5.76 Å². The molecule has 1 heterocycles. The summed E-state index contributed by atoms with van der Waals surface area (Å²) in [5.41, 5.74) is 0.741. The number of rotatable bonds is 1. The van der Waals surface area contributed by atoms with Crippen LogP contribution in [0, 0.1) is 0 Å². The molecule has 2 heteroatoms. The third kappa shape index (κ3) is 0.729. The van der Waals surface area contributed by atoms with E-state index in [1.165, 1.54) is 0 Å². The maximum atomic E-state index is 8.70. The van der Waals surface area contributed by atoms with E-state index in [1.807, 2.05) is 0 Å². The summed E-state index contributed by atoms with van der Waals surface area (Å²) in [5, 5.41) is 8.70. The zero-order valence-corrected chi connectivity index (χ0v) is 4.39. The number of aliphatic hydroxyl groups is 1. The molecule has 0 fully saturated rings. The van der Waals surface area contributed by atoms with Crippen molar-refractivity contribution < 1.29 is 5.11 Å². The Balaban J connectivity index is 2.93. The lowest BCUT2D eigenvalue weighted by atomic mass is 10.3. The quantitative estimate of drug-likeness (QED) is 0.527. The van der Waals surface area contributed by atoms with Crippen LogP contribution in [0.3, 0.4) is 0 Å². The Bertz CT molecular complexity index is 176. The van der Waals surface area contributed by atoms with Crippen LogP contribution in [0.5, 0.6) is 0 Å². The smallest absolute Gasteiger partial charge is 0.117 e. The van der Waals surface area contributed by atoms with E-state index in [-0.39, 0.29) is 5.76 Å². The van der Waals surface area contributed by atoms with Crippen molar-refractivity contribution in [2.75, 3.05) is 0 Å². The van der Waals surface area contributed by atoms with E-state index < -0.39 is 0 Å². The predicted octanol–water partition coefficient (Wildman–Crippen LogP) is 1.54. The highest BCUT2D eigenvalue weighted by atomic mass is 16.3. The van der Waals surface area contributed by atoms with Crippen molar-refractivity contribution in [3.63, 3.8) is 0 Å². The van der Waals surface area contributed by atoms with Gasteiger partial charge < -0.3 is 10.1 Å². The van der Waals surface area contributed by atoms with E-state index in [1.54, 1.807) is 18.5 Å². The highest BCUT2D eigenvalue weighted by Crippen LogP contribution is 2.04. The van der Waals surface area contributed by atoms with Crippen LogP contribution in [0.2, 0.25) is 0 Å². The van der Waals surface area contributed by atoms with Gasteiger partial charge in [-0.15, -0.1) is 0 Å². The molecular formula is C6H7NO. The molecule has 0 atom stereocenters. The molecule has 1 rings (SSSR count). The Labute approximate surface area is 47.5 Å². The second kappa shape index (κ2) is 1.74. The largest absolute Gasteiger partial charge is 0.508 e. The lowest BCUT2D eigenvalue weighted by Gasteiger charge is -1.86. The van der Waals surface area contributed by atoms with E-state index in [2.05, 4.69) is 11.6 Å². The molecule has 1 aromatic rings. The number of nitrogens with one attached hydrogen (secondary N) is 1. The van der Waals surface area contributed by atoms with Crippen molar-refractivity contribution in [2.45, 2.75) is 0 Å². The first kappa shape index (κ1) is 4.97. The molecule has 0 amide bonds. The van der Waals surface area contributed by atoms with Gasteiger partial charge in [0.25, 0.3) is 0 Å². The first-order chi connectivity index (χ1) is 3.80. The van der Waals surface area contributed by atoms with Gasteiger partial charge in [-0.05, 0) is 6.07 Å². The highest BCUT2D eigenvalue weighted by molar-refractivity contribution is 5.54. The Morgan fingerprint density at radius 3 is 2.75 bits per heavy atom. The maximum Gasteiger partial charge on any atom is 0.117 e. The van der Waals surface area contributed by atoms with Crippen LogP contribution in [-0.4, -0.2) is 10.1 Å². The molecule has 1 aromatic heterocycles. The summed E-state index contributed by atoms with van der Waals surface area (Å²) < 4.78 is 0. The summed E-state index contributed by atoms with van der Waals surface area (Å²) in [6.45, 7) is 3.33. The molecule has 0 radical (unpaired) electrons. The van der Waals surface area contributed by atoms with Gasteiger partial charge in [0, 0.05) is 18.0 Å². The Kier molecular flexibility index (Phi) is 1.08. The van der Waals surface area contributed by atoms with Crippen molar-refractivity contribution in [1.82, 2.24) is 4.98 Å². The first-order valence-electron chi connectivity index (χ1n) is 2.32.